The summed E-state index contributed by atoms with van der Waals surface area (Å²) in [4.78, 5) is 64.4. The van der Waals surface area contributed by atoms with Gasteiger partial charge in [0.2, 0.25) is 0 Å². The van der Waals surface area contributed by atoms with E-state index in [-0.39, 0.29) is 27.8 Å². The fourth-order valence-corrected chi connectivity index (χ4v) is 3.99. The second kappa shape index (κ2) is 7.23. The number of nitrogens with one attached hydrogen (secondary N) is 1. The maximum atomic E-state index is 13.1. The van der Waals surface area contributed by atoms with Crippen molar-refractivity contribution < 1.29 is 24.0 Å². The Labute approximate surface area is 188 Å². The number of hydrogen-bond acceptors (Lipinski definition) is 5. The lowest BCUT2D eigenvalue weighted by Gasteiger charge is -2.23. The zero-order valence-electron chi connectivity index (χ0n) is 17.7. The highest BCUT2D eigenvalue weighted by molar-refractivity contribution is 6.28. The van der Waals surface area contributed by atoms with E-state index in [1.165, 1.54) is 30.3 Å². The molecule has 1 N–H and O–H groups in total. The van der Waals surface area contributed by atoms with Crippen molar-refractivity contribution in [3.05, 3.63) is 99.6 Å². The van der Waals surface area contributed by atoms with Crippen molar-refractivity contribution in [3.8, 4) is 0 Å². The molecule has 0 aromatic heterocycles. The molecule has 5 amide bonds. The van der Waals surface area contributed by atoms with Crippen molar-refractivity contribution in [3.63, 3.8) is 0 Å². The number of anilines is 1. The largest absolute Gasteiger partial charge is 0.322 e. The third-order valence-corrected chi connectivity index (χ3v) is 5.95. The van der Waals surface area contributed by atoms with Crippen LogP contribution in [-0.2, 0) is 0 Å². The lowest BCUT2D eigenvalue weighted by molar-refractivity contribution is 0.00845. The number of aryl methyl sites for hydroxylation is 1. The van der Waals surface area contributed by atoms with Crippen LogP contribution in [0.3, 0.4) is 0 Å². The normalized spacial score (nSPS) is 14.6. The highest BCUT2D eigenvalue weighted by Crippen LogP contribution is 2.31. The van der Waals surface area contributed by atoms with Crippen LogP contribution < -0.4 is 5.32 Å². The molecule has 0 fully saturated rings. The van der Waals surface area contributed by atoms with E-state index in [0.717, 1.165) is 11.1 Å². The summed E-state index contributed by atoms with van der Waals surface area (Å²) in [6.07, 6.45) is 0. The van der Waals surface area contributed by atoms with E-state index < -0.39 is 29.5 Å². The molecule has 0 unspecified atom stereocenters. The van der Waals surface area contributed by atoms with Gasteiger partial charge in [0.25, 0.3) is 29.5 Å². The van der Waals surface area contributed by atoms with E-state index in [1.54, 1.807) is 18.2 Å². The third-order valence-electron chi connectivity index (χ3n) is 5.95. The van der Waals surface area contributed by atoms with Crippen molar-refractivity contribution in [2.75, 3.05) is 5.32 Å². The van der Waals surface area contributed by atoms with Gasteiger partial charge in [-0.3, -0.25) is 24.0 Å². The number of carbonyl (C=O) groups excluding carboxylic acids is 5. The van der Waals surface area contributed by atoms with Crippen LogP contribution in [0.15, 0.2) is 60.7 Å². The minimum absolute atomic E-state index is 0.0137. The first-order valence-electron chi connectivity index (χ1n) is 10.2. The fraction of sp³-hybridized carbons (Fsp3) is 0.0800. The summed E-state index contributed by atoms with van der Waals surface area (Å²) in [7, 11) is 0. The predicted molar refractivity (Wildman–Crippen MR) is 118 cm³/mol. The van der Waals surface area contributed by atoms with Crippen LogP contribution in [0.2, 0.25) is 0 Å². The average molecular weight is 439 g/mol. The van der Waals surface area contributed by atoms with Crippen molar-refractivity contribution >= 4 is 35.2 Å². The summed E-state index contributed by atoms with van der Waals surface area (Å²) >= 11 is 0. The zero-order valence-corrected chi connectivity index (χ0v) is 17.7. The molecule has 8 nitrogen and oxygen atoms in total. The lowest BCUT2D eigenvalue weighted by atomic mass is 10.0. The van der Waals surface area contributed by atoms with Crippen molar-refractivity contribution in [1.82, 2.24) is 10.0 Å². The number of nitrogens with zero attached hydrogens (tertiary/aromatic N) is 2. The molecule has 33 heavy (non-hydrogen) atoms. The number of carbonyl (C=O) groups is 5. The third kappa shape index (κ3) is 2.95. The monoisotopic (exact) mass is 439 g/mol. The molecule has 2 aliphatic heterocycles. The fourth-order valence-electron chi connectivity index (χ4n) is 3.99. The number of fused-ring (bicyclic) bond motifs is 2. The molecule has 0 radical (unpaired) electrons. The lowest BCUT2D eigenvalue weighted by Crippen LogP contribution is -2.49. The Hall–Kier alpha value is -4.59. The van der Waals surface area contributed by atoms with Crippen molar-refractivity contribution in [2.45, 2.75) is 13.8 Å². The van der Waals surface area contributed by atoms with E-state index in [4.69, 9.17) is 0 Å². The van der Waals surface area contributed by atoms with Gasteiger partial charge in [0, 0.05) is 11.3 Å². The summed E-state index contributed by atoms with van der Waals surface area (Å²) in [5.74, 6) is -3.60. The maximum Gasteiger partial charge on any atom is 0.281 e. The van der Waals surface area contributed by atoms with E-state index in [2.05, 4.69) is 5.32 Å². The number of benzene rings is 3. The molecule has 0 saturated heterocycles. The molecular formula is C25H17N3O5. The molecule has 0 bridgehead atoms. The quantitative estimate of drug-likeness (QED) is 0.631. The van der Waals surface area contributed by atoms with Gasteiger partial charge in [-0.1, -0.05) is 24.3 Å². The first kappa shape index (κ1) is 20.3. The molecule has 162 valence electrons. The molecule has 0 saturated carbocycles. The molecule has 3 aromatic rings. The van der Waals surface area contributed by atoms with Crippen molar-refractivity contribution in [1.29, 1.82) is 0 Å². The van der Waals surface area contributed by atoms with Gasteiger partial charge in [-0.05, 0) is 61.4 Å². The van der Waals surface area contributed by atoms with Gasteiger partial charge >= 0.3 is 0 Å². The molecule has 2 heterocycles. The van der Waals surface area contributed by atoms with Crippen LogP contribution in [0.5, 0.6) is 0 Å². The topological polar surface area (TPSA) is 104 Å². The first-order chi connectivity index (χ1) is 15.8. The van der Waals surface area contributed by atoms with Gasteiger partial charge in [0.05, 0.1) is 22.3 Å². The van der Waals surface area contributed by atoms with Crippen LogP contribution in [0.1, 0.15) is 62.9 Å². The summed E-state index contributed by atoms with van der Waals surface area (Å²) < 4.78 is 0. The van der Waals surface area contributed by atoms with Crippen LogP contribution in [0, 0.1) is 13.8 Å². The van der Waals surface area contributed by atoms with E-state index in [9.17, 15) is 24.0 Å². The maximum absolute atomic E-state index is 13.1. The van der Waals surface area contributed by atoms with Gasteiger partial charge in [0.15, 0.2) is 0 Å². The Morgan fingerprint density at radius 3 is 1.82 bits per heavy atom. The average Bonchev–Trinajstić information content (AvgIpc) is 3.21. The SMILES string of the molecule is Cc1cccc(NC(=O)c2ccc3c(c2)C(=O)N(N2C(=O)c4ccccc4C2=O)C3=O)c1C. The number of imide groups is 2. The standard InChI is InChI=1S/C25H17N3O5/c1-13-6-5-9-20(14(13)2)26-21(29)15-10-11-18-19(12-15)25(33)28(24(18)32)27-22(30)16-7-3-4-8-17(16)23(27)31/h3-12H,1-2H3,(H,26,29). The smallest absolute Gasteiger partial charge is 0.281 e. The molecule has 0 spiro atoms. The molecule has 0 atom stereocenters. The van der Waals surface area contributed by atoms with E-state index in [1.807, 2.05) is 26.0 Å². The second-order valence-electron chi connectivity index (χ2n) is 7.85. The summed E-state index contributed by atoms with van der Waals surface area (Å²) in [5.41, 5.74) is 2.93. The van der Waals surface area contributed by atoms with Gasteiger partial charge in [-0.15, -0.1) is 0 Å². The van der Waals surface area contributed by atoms with Crippen LogP contribution >= 0.6 is 0 Å². The Balaban J connectivity index is 1.46. The van der Waals surface area contributed by atoms with Crippen LogP contribution in [0.25, 0.3) is 0 Å². The van der Waals surface area contributed by atoms with Gasteiger partial charge < -0.3 is 5.32 Å². The number of rotatable bonds is 3. The molecule has 5 rings (SSSR count). The first-order valence-corrected chi connectivity index (χ1v) is 10.2. The Kier molecular flexibility index (Phi) is 4.45. The Morgan fingerprint density at radius 1 is 0.667 bits per heavy atom. The highest BCUT2D eigenvalue weighted by atomic mass is 16.2. The molecular weight excluding hydrogens is 422 g/mol. The Morgan fingerprint density at radius 2 is 1.21 bits per heavy atom. The summed E-state index contributed by atoms with van der Waals surface area (Å²) in [6.45, 7) is 3.81. The molecule has 2 aliphatic rings. The van der Waals surface area contributed by atoms with Crippen LogP contribution in [0.4, 0.5) is 5.69 Å². The van der Waals surface area contributed by atoms with Gasteiger partial charge in [-0.2, -0.15) is 10.0 Å². The van der Waals surface area contributed by atoms with E-state index in [0.29, 0.717) is 15.7 Å². The van der Waals surface area contributed by atoms with E-state index >= 15 is 0 Å². The minimum Gasteiger partial charge on any atom is -0.322 e. The molecule has 8 heteroatoms. The minimum atomic E-state index is -0.842. The zero-order chi connectivity index (χ0) is 23.4. The van der Waals surface area contributed by atoms with Gasteiger partial charge in [0.1, 0.15) is 0 Å². The predicted octanol–water partition coefficient (Wildman–Crippen LogP) is 3.36. The van der Waals surface area contributed by atoms with Gasteiger partial charge in [-0.25, -0.2) is 0 Å². The number of hydrazine groups is 1. The number of amides is 5. The molecule has 3 aromatic carbocycles. The second-order valence-corrected chi connectivity index (χ2v) is 7.85. The van der Waals surface area contributed by atoms with Crippen LogP contribution in [-0.4, -0.2) is 39.6 Å². The summed E-state index contributed by atoms with van der Waals surface area (Å²) in [5, 5.41) is 3.91. The van der Waals surface area contributed by atoms with Crippen molar-refractivity contribution in [2.24, 2.45) is 0 Å². The number of hydrogen-bond donors (Lipinski definition) is 1. The molecule has 0 aliphatic carbocycles. The Bertz CT molecular complexity index is 1390. The summed E-state index contributed by atoms with van der Waals surface area (Å²) in [6, 6.07) is 15.7. The highest BCUT2D eigenvalue weighted by Gasteiger charge is 2.48.